The smallest absolute Gasteiger partial charge is 0.0411 e. The molecule has 2 aliphatic carbocycles. The van der Waals surface area contributed by atoms with E-state index in [9.17, 15) is 0 Å². The van der Waals surface area contributed by atoms with Gasteiger partial charge in [-0.1, -0.05) is 47.5 Å². The number of hydrogen-bond acceptors (Lipinski definition) is 1. The normalized spacial score (nSPS) is 26.9. The van der Waals surface area contributed by atoms with Gasteiger partial charge in [0.15, 0.2) is 0 Å². The van der Waals surface area contributed by atoms with Crippen LogP contribution >= 0.6 is 0 Å². The van der Waals surface area contributed by atoms with Gasteiger partial charge in [0, 0.05) is 12.2 Å². The van der Waals surface area contributed by atoms with Crippen LogP contribution in [0.3, 0.4) is 0 Å². The molecule has 0 saturated heterocycles. The van der Waals surface area contributed by atoms with Crippen molar-refractivity contribution in [3.8, 4) is 0 Å². The maximum atomic E-state index is 3.72. The van der Waals surface area contributed by atoms with Crippen molar-refractivity contribution in [3.05, 3.63) is 75.4 Å². The standard InChI is InChI=1S/C24H27N/c1-14-11-20(17-7-5-4-6-8-17)23-19(16(14)3)13-22-21(23)12-15(2)18-9-10-25-24(18)22/h4-8,12,19-20,23,25H,9-11,13H2,1-3H3. The molecule has 3 aliphatic rings. The van der Waals surface area contributed by atoms with Gasteiger partial charge in [-0.15, -0.1) is 0 Å². The van der Waals surface area contributed by atoms with E-state index in [1.807, 2.05) is 0 Å². The third kappa shape index (κ3) is 2.14. The Hall–Kier alpha value is -2.02. The summed E-state index contributed by atoms with van der Waals surface area (Å²) in [5, 5.41) is 3.72. The Bertz CT molecular complexity index is 875. The molecule has 0 radical (unpaired) electrons. The van der Waals surface area contributed by atoms with Crippen LogP contribution in [0, 0.1) is 12.8 Å². The molecule has 3 atom stereocenters. The second-order valence-electron chi connectivity index (χ2n) is 8.31. The summed E-state index contributed by atoms with van der Waals surface area (Å²) in [4.78, 5) is 0. The summed E-state index contributed by atoms with van der Waals surface area (Å²) >= 11 is 0. The van der Waals surface area contributed by atoms with Crippen LogP contribution in [0.1, 0.15) is 59.9 Å². The van der Waals surface area contributed by atoms with Gasteiger partial charge in [0.1, 0.15) is 0 Å². The minimum absolute atomic E-state index is 0.620. The van der Waals surface area contributed by atoms with Crippen LogP contribution in [-0.2, 0) is 12.8 Å². The molecule has 128 valence electrons. The number of hydrogen-bond donors (Lipinski definition) is 1. The van der Waals surface area contributed by atoms with Crippen molar-refractivity contribution in [1.82, 2.24) is 0 Å². The van der Waals surface area contributed by atoms with Gasteiger partial charge < -0.3 is 5.32 Å². The predicted octanol–water partition coefficient (Wildman–Crippen LogP) is 5.74. The van der Waals surface area contributed by atoms with E-state index in [1.54, 1.807) is 27.8 Å². The maximum absolute atomic E-state index is 3.72. The lowest BCUT2D eigenvalue weighted by Gasteiger charge is -2.37. The van der Waals surface area contributed by atoms with Crippen LogP contribution in [-0.4, -0.2) is 6.54 Å². The Morgan fingerprint density at radius 1 is 0.920 bits per heavy atom. The molecular formula is C24H27N. The highest BCUT2D eigenvalue weighted by Gasteiger charge is 2.44. The van der Waals surface area contributed by atoms with Gasteiger partial charge in [-0.25, -0.2) is 0 Å². The summed E-state index contributed by atoms with van der Waals surface area (Å²) in [6, 6.07) is 13.8. The second-order valence-corrected chi connectivity index (χ2v) is 8.31. The van der Waals surface area contributed by atoms with Gasteiger partial charge in [0.05, 0.1) is 0 Å². The predicted molar refractivity (Wildman–Crippen MR) is 105 cm³/mol. The molecule has 2 aromatic rings. The topological polar surface area (TPSA) is 12.0 Å². The Morgan fingerprint density at radius 2 is 1.72 bits per heavy atom. The van der Waals surface area contributed by atoms with E-state index in [-0.39, 0.29) is 0 Å². The zero-order valence-corrected chi connectivity index (χ0v) is 15.5. The van der Waals surface area contributed by atoms with Crippen LogP contribution < -0.4 is 5.32 Å². The maximum Gasteiger partial charge on any atom is 0.0411 e. The van der Waals surface area contributed by atoms with E-state index in [0.717, 1.165) is 6.54 Å². The fraction of sp³-hybridized carbons (Fsp3) is 0.417. The fourth-order valence-corrected chi connectivity index (χ4v) is 5.74. The van der Waals surface area contributed by atoms with Crippen LogP contribution in [0.25, 0.3) is 0 Å². The quantitative estimate of drug-likeness (QED) is 0.658. The van der Waals surface area contributed by atoms with Crippen molar-refractivity contribution >= 4 is 5.69 Å². The average molecular weight is 329 g/mol. The molecule has 1 heterocycles. The molecule has 0 saturated carbocycles. The Morgan fingerprint density at radius 3 is 2.52 bits per heavy atom. The molecule has 1 N–H and O–H groups in total. The first-order valence-corrected chi connectivity index (χ1v) is 9.75. The molecule has 2 aromatic carbocycles. The number of nitrogens with one attached hydrogen (secondary N) is 1. The first kappa shape index (κ1) is 15.3. The van der Waals surface area contributed by atoms with E-state index in [4.69, 9.17) is 0 Å². The number of rotatable bonds is 1. The van der Waals surface area contributed by atoms with Crippen molar-refractivity contribution in [1.29, 1.82) is 0 Å². The zero-order valence-electron chi connectivity index (χ0n) is 15.5. The Kier molecular flexibility index (Phi) is 3.35. The van der Waals surface area contributed by atoms with Crippen molar-refractivity contribution in [2.45, 2.75) is 51.9 Å². The van der Waals surface area contributed by atoms with Crippen molar-refractivity contribution < 1.29 is 0 Å². The van der Waals surface area contributed by atoms with Gasteiger partial charge >= 0.3 is 0 Å². The third-order valence-corrected chi connectivity index (χ3v) is 7.11. The monoisotopic (exact) mass is 329 g/mol. The molecule has 25 heavy (non-hydrogen) atoms. The molecule has 0 aromatic heterocycles. The summed E-state index contributed by atoms with van der Waals surface area (Å²) in [5.74, 6) is 1.95. The van der Waals surface area contributed by atoms with Gasteiger partial charge in [0.2, 0.25) is 0 Å². The lowest BCUT2D eigenvalue weighted by Crippen LogP contribution is -2.23. The van der Waals surface area contributed by atoms with Gasteiger partial charge in [0.25, 0.3) is 0 Å². The van der Waals surface area contributed by atoms with E-state index in [1.165, 1.54) is 36.1 Å². The van der Waals surface area contributed by atoms with Crippen LogP contribution in [0.2, 0.25) is 0 Å². The SMILES string of the molecule is CC1=C(C)C2Cc3c(cc(C)c4c3NCC4)C2C(c2ccccc2)C1. The first-order valence-electron chi connectivity index (χ1n) is 9.75. The molecule has 1 aliphatic heterocycles. The van der Waals surface area contributed by atoms with Crippen molar-refractivity contribution in [2.24, 2.45) is 5.92 Å². The third-order valence-electron chi connectivity index (χ3n) is 7.11. The highest BCUT2D eigenvalue weighted by molar-refractivity contribution is 5.69. The Balaban J connectivity index is 1.70. The van der Waals surface area contributed by atoms with Crippen molar-refractivity contribution in [2.75, 3.05) is 11.9 Å². The molecule has 0 fully saturated rings. The van der Waals surface area contributed by atoms with Crippen LogP contribution in [0.15, 0.2) is 47.5 Å². The molecule has 1 nitrogen and oxygen atoms in total. The van der Waals surface area contributed by atoms with Crippen LogP contribution in [0.5, 0.6) is 0 Å². The molecular weight excluding hydrogens is 302 g/mol. The number of anilines is 1. The largest absolute Gasteiger partial charge is 0.384 e. The summed E-state index contributed by atoms with van der Waals surface area (Å²) in [5.41, 5.74) is 12.6. The molecule has 0 bridgehead atoms. The Labute approximate surface area is 151 Å². The molecule has 5 rings (SSSR count). The number of allylic oxidation sites excluding steroid dienone is 2. The highest BCUT2D eigenvalue weighted by atomic mass is 14.9. The van der Waals surface area contributed by atoms with Crippen LogP contribution in [0.4, 0.5) is 5.69 Å². The van der Waals surface area contributed by atoms with E-state index >= 15 is 0 Å². The lowest BCUT2D eigenvalue weighted by molar-refractivity contribution is 0.405. The number of aryl methyl sites for hydroxylation is 1. The molecule has 0 amide bonds. The summed E-state index contributed by atoms with van der Waals surface area (Å²) in [6.07, 6.45) is 3.63. The van der Waals surface area contributed by atoms with E-state index in [0.29, 0.717) is 17.8 Å². The minimum Gasteiger partial charge on any atom is -0.384 e. The average Bonchev–Trinajstić information content (AvgIpc) is 3.24. The molecule has 0 spiro atoms. The fourth-order valence-electron chi connectivity index (χ4n) is 5.74. The molecule has 1 heteroatoms. The number of fused-ring (bicyclic) bond motifs is 5. The summed E-state index contributed by atoms with van der Waals surface area (Å²) in [6.45, 7) is 8.17. The van der Waals surface area contributed by atoms with Gasteiger partial charge in [-0.2, -0.15) is 0 Å². The van der Waals surface area contributed by atoms with E-state index in [2.05, 4.69) is 62.5 Å². The van der Waals surface area contributed by atoms with Gasteiger partial charge in [-0.05, 0) is 85.6 Å². The van der Waals surface area contributed by atoms with E-state index < -0.39 is 0 Å². The lowest BCUT2D eigenvalue weighted by atomic mass is 9.67. The minimum atomic E-state index is 0.620. The zero-order chi connectivity index (χ0) is 17.1. The second kappa shape index (κ2) is 5.49. The highest BCUT2D eigenvalue weighted by Crippen LogP contribution is 2.57. The number of benzene rings is 2. The van der Waals surface area contributed by atoms with Gasteiger partial charge in [-0.3, -0.25) is 0 Å². The molecule has 3 unspecified atom stereocenters. The first-order chi connectivity index (χ1) is 12.1. The summed E-state index contributed by atoms with van der Waals surface area (Å²) < 4.78 is 0. The van der Waals surface area contributed by atoms with Crippen molar-refractivity contribution in [3.63, 3.8) is 0 Å². The summed E-state index contributed by atoms with van der Waals surface area (Å²) in [7, 11) is 0.